The molecule has 88 valence electrons. The first-order valence-corrected chi connectivity index (χ1v) is 6.19. The lowest BCUT2D eigenvalue weighted by molar-refractivity contribution is 0.518. The number of rotatable bonds is 0. The summed E-state index contributed by atoms with van der Waals surface area (Å²) in [4.78, 5) is 0. The Morgan fingerprint density at radius 2 is 2.18 bits per heavy atom. The molecule has 2 aromatic rings. The molecule has 1 N–H and O–H groups in total. The van der Waals surface area contributed by atoms with Gasteiger partial charge in [0, 0.05) is 42.1 Å². The predicted molar refractivity (Wildman–Crippen MR) is 65.5 cm³/mol. The van der Waals surface area contributed by atoms with Gasteiger partial charge in [0.15, 0.2) is 0 Å². The summed E-state index contributed by atoms with van der Waals surface area (Å²) in [5.41, 5.74) is 4.22. The highest BCUT2D eigenvalue weighted by molar-refractivity contribution is 5.87. The van der Waals surface area contributed by atoms with Crippen LogP contribution in [0, 0.1) is 5.82 Å². The third-order valence-corrected chi connectivity index (χ3v) is 4.42. The topological polar surface area (TPSA) is 17.0 Å². The molecule has 1 aromatic heterocycles. The van der Waals surface area contributed by atoms with Crippen LogP contribution in [0.4, 0.5) is 4.39 Å². The third-order valence-electron chi connectivity index (χ3n) is 4.42. The van der Waals surface area contributed by atoms with E-state index in [0.717, 1.165) is 24.0 Å². The van der Waals surface area contributed by atoms with Crippen molar-refractivity contribution in [3.63, 3.8) is 0 Å². The Hall–Kier alpha value is -1.35. The van der Waals surface area contributed by atoms with Gasteiger partial charge < -0.3 is 9.88 Å². The number of aromatic nitrogens is 1. The van der Waals surface area contributed by atoms with Crippen LogP contribution in [-0.4, -0.2) is 11.1 Å². The lowest BCUT2D eigenvalue weighted by Gasteiger charge is -2.24. The first-order valence-electron chi connectivity index (χ1n) is 6.19. The molecule has 0 unspecified atom stereocenters. The van der Waals surface area contributed by atoms with Gasteiger partial charge in [-0.15, -0.1) is 0 Å². The largest absolute Gasteiger partial charge is 0.346 e. The van der Waals surface area contributed by atoms with Crippen LogP contribution >= 0.6 is 0 Å². The predicted octanol–water partition coefficient (Wildman–Crippen LogP) is 2.45. The zero-order valence-electron chi connectivity index (χ0n) is 9.89. The molecule has 2 nitrogen and oxygen atoms in total. The second-order valence-electron chi connectivity index (χ2n) is 5.43. The number of benzene rings is 1. The van der Waals surface area contributed by atoms with Crippen molar-refractivity contribution in [3.05, 3.63) is 35.3 Å². The molecule has 0 bridgehead atoms. The zero-order chi connectivity index (χ0) is 11.6. The maximum absolute atomic E-state index is 13.5. The quantitative estimate of drug-likeness (QED) is 0.735. The summed E-state index contributed by atoms with van der Waals surface area (Å²) in [6.45, 7) is 1.96. The van der Waals surface area contributed by atoms with E-state index in [-0.39, 0.29) is 5.82 Å². The fourth-order valence-electron chi connectivity index (χ4n) is 3.35. The van der Waals surface area contributed by atoms with E-state index in [1.807, 2.05) is 6.07 Å². The number of aryl methyl sites for hydroxylation is 1. The van der Waals surface area contributed by atoms with Crippen molar-refractivity contribution in [1.29, 1.82) is 0 Å². The molecule has 1 spiro atoms. The first-order chi connectivity index (χ1) is 8.21. The summed E-state index contributed by atoms with van der Waals surface area (Å²) in [7, 11) is 2.09. The van der Waals surface area contributed by atoms with E-state index in [2.05, 4.69) is 16.9 Å². The maximum atomic E-state index is 13.5. The lowest BCUT2D eigenvalue weighted by Crippen LogP contribution is -2.33. The van der Waals surface area contributed by atoms with Crippen molar-refractivity contribution >= 4 is 10.9 Å². The second-order valence-corrected chi connectivity index (χ2v) is 5.43. The molecular formula is C14H15FN2. The molecule has 17 heavy (non-hydrogen) atoms. The standard InChI is InChI=1S/C14H15FN2/c1-17-11-3-2-9(15)6-10(11)13-12(17)7-16-8-14(13)4-5-14/h2-3,6,16H,4-5,7-8H2,1H3. The summed E-state index contributed by atoms with van der Waals surface area (Å²) in [5.74, 6) is -0.125. The molecule has 1 aliphatic carbocycles. The molecule has 1 aromatic carbocycles. The fourth-order valence-corrected chi connectivity index (χ4v) is 3.35. The molecule has 4 rings (SSSR count). The van der Waals surface area contributed by atoms with Crippen LogP contribution in [0.2, 0.25) is 0 Å². The molecule has 0 radical (unpaired) electrons. The number of nitrogens with zero attached hydrogens (tertiary/aromatic N) is 1. The van der Waals surface area contributed by atoms with Crippen molar-refractivity contribution in [2.24, 2.45) is 7.05 Å². The maximum Gasteiger partial charge on any atom is 0.123 e. The number of fused-ring (bicyclic) bond motifs is 4. The van der Waals surface area contributed by atoms with Gasteiger partial charge in [-0.05, 0) is 36.6 Å². The smallest absolute Gasteiger partial charge is 0.123 e. The molecule has 0 amide bonds. The highest BCUT2D eigenvalue weighted by atomic mass is 19.1. The Kier molecular flexibility index (Phi) is 1.65. The van der Waals surface area contributed by atoms with Gasteiger partial charge in [-0.1, -0.05) is 0 Å². The molecule has 1 saturated carbocycles. The molecule has 0 atom stereocenters. The average molecular weight is 230 g/mol. The van der Waals surface area contributed by atoms with Crippen LogP contribution < -0.4 is 5.32 Å². The summed E-state index contributed by atoms with van der Waals surface area (Å²) in [6.07, 6.45) is 2.48. The summed E-state index contributed by atoms with van der Waals surface area (Å²) in [6, 6.07) is 5.17. The van der Waals surface area contributed by atoms with E-state index in [1.54, 1.807) is 12.1 Å². The molecule has 2 aliphatic rings. The van der Waals surface area contributed by atoms with Crippen LogP contribution in [0.25, 0.3) is 10.9 Å². The number of nitrogens with one attached hydrogen (secondary N) is 1. The van der Waals surface area contributed by atoms with E-state index in [0.29, 0.717) is 5.41 Å². The molecule has 3 heteroatoms. The fraction of sp³-hybridized carbons (Fsp3) is 0.429. The zero-order valence-corrected chi connectivity index (χ0v) is 9.89. The van der Waals surface area contributed by atoms with Crippen LogP contribution in [0.5, 0.6) is 0 Å². The molecular weight excluding hydrogens is 215 g/mol. The third kappa shape index (κ3) is 1.12. The van der Waals surface area contributed by atoms with Crippen molar-refractivity contribution in [2.45, 2.75) is 24.8 Å². The van der Waals surface area contributed by atoms with Crippen molar-refractivity contribution in [3.8, 4) is 0 Å². The van der Waals surface area contributed by atoms with Crippen molar-refractivity contribution in [2.75, 3.05) is 6.54 Å². The van der Waals surface area contributed by atoms with Gasteiger partial charge in [0.2, 0.25) is 0 Å². The number of hydrogen-bond donors (Lipinski definition) is 1. The van der Waals surface area contributed by atoms with Gasteiger partial charge >= 0.3 is 0 Å². The molecule has 1 fully saturated rings. The summed E-state index contributed by atoms with van der Waals surface area (Å²) in [5, 5.41) is 4.62. The van der Waals surface area contributed by atoms with Gasteiger partial charge in [-0.2, -0.15) is 0 Å². The van der Waals surface area contributed by atoms with Gasteiger partial charge in [-0.3, -0.25) is 0 Å². The molecule has 1 aliphatic heterocycles. The van der Waals surface area contributed by atoms with E-state index in [9.17, 15) is 4.39 Å². The molecule has 2 heterocycles. The number of halogens is 1. The minimum Gasteiger partial charge on any atom is -0.346 e. The van der Waals surface area contributed by atoms with Crippen molar-refractivity contribution in [1.82, 2.24) is 9.88 Å². The Morgan fingerprint density at radius 3 is 2.94 bits per heavy atom. The van der Waals surface area contributed by atoms with Crippen LogP contribution in [0.15, 0.2) is 18.2 Å². The van der Waals surface area contributed by atoms with Gasteiger partial charge in [0.25, 0.3) is 0 Å². The van der Waals surface area contributed by atoms with E-state index in [4.69, 9.17) is 0 Å². The van der Waals surface area contributed by atoms with Crippen LogP contribution in [0.3, 0.4) is 0 Å². The Morgan fingerprint density at radius 1 is 1.35 bits per heavy atom. The van der Waals surface area contributed by atoms with E-state index >= 15 is 0 Å². The Bertz CT molecular complexity index is 623. The second kappa shape index (κ2) is 2.91. The van der Waals surface area contributed by atoms with E-state index < -0.39 is 0 Å². The molecule has 0 saturated heterocycles. The highest BCUT2D eigenvalue weighted by Gasteiger charge is 2.49. The monoisotopic (exact) mass is 230 g/mol. The highest BCUT2D eigenvalue weighted by Crippen LogP contribution is 2.53. The Labute approximate surface area is 99.4 Å². The Balaban J connectivity index is 2.13. The van der Waals surface area contributed by atoms with Gasteiger partial charge in [0.1, 0.15) is 5.82 Å². The minimum absolute atomic E-state index is 0.125. The minimum atomic E-state index is -0.125. The van der Waals surface area contributed by atoms with E-state index in [1.165, 1.54) is 24.1 Å². The first kappa shape index (κ1) is 9.66. The average Bonchev–Trinajstić information content (AvgIpc) is 3.01. The SMILES string of the molecule is Cn1c2c(c3cc(F)ccc31)C1(CC1)CNC2. The summed E-state index contributed by atoms with van der Waals surface area (Å²) < 4.78 is 15.7. The van der Waals surface area contributed by atoms with Gasteiger partial charge in [-0.25, -0.2) is 4.39 Å². The normalized spacial score (nSPS) is 20.8. The van der Waals surface area contributed by atoms with Crippen LogP contribution in [-0.2, 0) is 19.0 Å². The lowest BCUT2D eigenvalue weighted by atomic mass is 9.90. The summed E-state index contributed by atoms with van der Waals surface area (Å²) >= 11 is 0. The van der Waals surface area contributed by atoms with Crippen LogP contribution in [0.1, 0.15) is 24.1 Å². The number of hydrogen-bond acceptors (Lipinski definition) is 1. The van der Waals surface area contributed by atoms with Gasteiger partial charge in [0.05, 0.1) is 0 Å². The van der Waals surface area contributed by atoms with Crippen molar-refractivity contribution < 1.29 is 4.39 Å².